The lowest BCUT2D eigenvalue weighted by atomic mass is 9.93. The van der Waals surface area contributed by atoms with Crippen molar-refractivity contribution in [3.63, 3.8) is 0 Å². The zero-order chi connectivity index (χ0) is 13.8. The number of benzene rings is 1. The van der Waals surface area contributed by atoms with Crippen LogP contribution in [0.15, 0.2) is 18.2 Å². The third-order valence-electron chi connectivity index (χ3n) is 3.80. The summed E-state index contributed by atoms with van der Waals surface area (Å²) in [4.78, 5) is 2.42. The molecule has 0 spiro atoms. The van der Waals surface area contributed by atoms with Gasteiger partial charge in [0.15, 0.2) is 0 Å². The molecule has 1 atom stereocenters. The van der Waals surface area contributed by atoms with Crippen LogP contribution >= 0.6 is 12.4 Å². The topological polar surface area (TPSA) is 15.3 Å². The highest BCUT2D eigenvalue weighted by molar-refractivity contribution is 5.85. The highest BCUT2D eigenvalue weighted by Crippen LogP contribution is 2.30. The molecule has 1 aliphatic heterocycles. The summed E-state index contributed by atoms with van der Waals surface area (Å²) < 4.78 is 14.2. The van der Waals surface area contributed by atoms with Gasteiger partial charge in [0.1, 0.15) is 5.82 Å². The monoisotopic (exact) mass is 300 g/mol. The van der Waals surface area contributed by atoms with Gasteiger partial charge in [0, 0.05) is 37.8 Å². The van der Waals surface area contributed by atoms with Crippen molar-refractivity contribution in [1.82, 2.24) is 10.2 Å². The molecule has 1 aromatic carbocycles. The Kier molecular flexibility index (Phi) is 6.93. The van der Waals surface area contributed by atoms with Gasteiger partial charge in [0.2, 0.25) is 0 Å². The Bertz CT molecular complexity index is 417. The van der Waals surface area contributed by atoms with Crippen molar-refractivity contribution in [3.05, 3.63) is 35.1 Å². The van der Waals surface area contributed by atoms with Gasteiger partial charge in [0.25, 0.3) is 0 Å². The molecule has 2 rings (SSSR count). The summed E-state index contributed by atoms with van der Waals surface area (Å²) in [6.07, 6.45) is 1.01. The number of rotatable bonds is 4. The predicted octanol–water partition coefficient (Wildman–Crippen LogP) is 3.55. The van der Waals surface area contributed by atoms with Gasteiger partial charge in [-0.1, -0.05) is 31.5 Å². The molecule has 20 heavy (non-hydrogen) atoms. The number of nitrogens with zero attached hydrogens (tertiary/aromatic N) is 1. The molecule has 1 aliphatic rings. The molecule has 1 aromatic rings. The molecular weight excluding hydrogens is 275 g/mol. The van der Waals surface area contributed by atoms with Crippen LogP contribution in [0.3, 0.4) is 0 Å². The third-order valence-corrected chi connectivity index (χ3v) is 3.80. The quantitative estimate of drug-likeness (QED) is 0.915. The van der Waals surface area contributed by atoms with E-state index in [-0.39, 0.29) is 24.3 Å². The zero-order valence-electron chi connectivity index (χ0n) is 12.7. The maximum absolute atomic E-state index is 14.2. The smallest absolute Gasteiger partial charge is 0.128 e. The van der Waals surface area contributed by atoms with Crippen LogP contribution in [0.5, 0.6) is 0 Å². The molecule has 1 heterocycles. The number of hydrogen-bond acceptors (Lipinski definition) is 2. The summed E-state index contributed by atoms with van der Waals surface area (Å²) in [6, 6.07) is 5.69. The third kappa shape index (κ3) is 4.44. The second-order valence-corrected chi connectivity index (χ2v) is 5.96. The highest BCUT2D eigenvalue weighted by atomic mass is 35.5. The zero-order valence-corrected chi connectivity index (χ0v) is 13.5. The molecule has 2 nitrogen and oxygen atoms in total. The molecule has 114 valence electrons. The molecule has 1 N–H and O–H groups in total. The summed E-state index contributed by atoms with van der Waals surface area (Å²) in [7, 11) is 0. The lowest BCUT2D eigenvalue weighted by Crippen LogP contribution is -2.45. The van der Waals surface area contributed by atoms with E-state index >= 15 is 0 Å². The van der Waals surface area contributed by atoms with Crippen LogP contribution in [0.1, 0.15) is 37.4 Å². The van der Waals surface area contributed by atoms with Gasteiger partial charge in [0.05, 0.1) is 0 Å². The lowest BCUT2D eigenvalue weighted by molar-refractivity contribution is 0.151. The Hall–Kier alpha value is -0.640. The van der Waals surface area contributed by atoms with E-state index in [9.17, 15) is 4.39 Å². The van der Waals surface area contributed by atoms with Crippen molar-refractivity contribution < 1.29 is 4.39 Å². The van der Waals surface area contributed by atoms with Crippen molar-refractivity contribution in [3.8, 4) is 0 Å². The summed E-state index contributed by atoms with van der Waals surface area (Å²) in [5.74, 6) is 0.509. The Labute approximate surface area is 128 Å². The van der Waals surface area contributed by atoms with Crippen molar-refractivity contribution in [2.75, 3.05) is 26.2 Å². The molecule has 0 bridgehead atoms. The maximum atomic E-state index is 14.2. The number of hydrogen-bond donors (Lipinski definition) is 1. The van der Waals surface area contributed by atoms with E-state index in [0.717, 1.165) is 43.7 Å². The molecule has 0 radical (unpaired) electrons. The number of halogens is 2. The van der Waals surface area contributed by atoms with Crippen LogP contribution in [0.25, 0.3) is 0 Å². The fourth-order valence-electron chi connectivity index (χ4n) is 2.83. The van der Waals surface area contributed by atoms with E-state index in [0.29, 0.717) is 5.92 Å². The fraction of sp³-hybridized carbons (Fsp3) is 0.625. The first-order chi connectivity index (χ1) is 9.08. The second kappa shape index (κ2) is 7.96. The second-order valence-electron chi connectivity index (χ2n) is 5.96. The van der Waals surface area contributed by atoms with E-state index < -0.39 is 0 Å². The van der Waals surface area contributed by atoms with Gasteiger partial charge in [-0.2, -0.15) is 0 Å². The Balaban J connectivity index is 0.00000200. The minimum atomic E-state index is -0.0604. The molecule has 0 aromatic heterocycles. The molecule has 4 heteroatoms. The largest absolute Gasteiger partial charge is 0.314 e. The number of nitrogens with one attached hydrogen (secondary N) is 1. The molecule has 0 saturated carbocycles. The van der Waals surface area contributed by atoms with Crippen molar-refractivity contribution in [1.29, 1.82) is 0 Å². The Morgan fingerprint density at radius 3 is 2.50 bits per heavy atom. The summed E-state index contributed by atoms with van der Waals surface area (Å²) >= 11 is 0. The Morgan fingerprint density at radius 1 is 1.25 bits per heavy atom. The average molecular weight is 301 g/mol. The van der Waals surface area contributed by atoms with Gasteiger partial charge >= 0.3 is 0 Å². The van der Waals surface area contributed by atoms with E-state index in [1.807, 2.05) is 19.1 Å². The fourth-order valence-corrected chi connectivity index (χ4v) is 2.83. The van der Waals surface area contributed by atoms with Crippen LogP contribution in [-0.4, -0.2) is 31.1 Å². The van der Waals surface area contributed by atoms with Crippen molar-refractivity contribution in [2.24, 2.45) is 5.92 Å². The van der Waals surface area contributed by atoms with E-state index in [1.54, 1.807) is 6.07 Å². The van der Waals surface area contributed by atoms with E-state index in [2.05, 4.69) is 24.1 Å². The minimum Gasteiger partial charge on any atom is -0.314 e. The summed E-state index contributed by atoms with van der Waals surface area (Å²) in [5.41, 5.74) is 2.01. The molecule has 0 unspecified atom stereocenters. The van der Waals surface area contributed by atoms with Crippen LogP contribution in [0.2, 0.25) is 0 Å². The van der Waals surface area contributed by atoms with Gasteiger partial charge in [-0.15, -0.1) is 12.4 Å². The van der Waals surface area contributed by atoms with Crippen LogP contribution in [0, 0.1) is 18.7 Å². The first-order valence-corrected chi connectivity index (χ1v) is 7.28. The molecule has 0 aliphatic carbocycles. The highest BCUT2D eigenvalue weighted by Gasteiger charge is 2.25. The van der Waals surface area contributed by atoms with E-state index in [1.165, 1.54) is 0 Å². The minimum absolute atomic E-state index is 0. The number of piperazine rings is 1. The standard InChI is InChI=1S/C16H25FN2.ClH/c1-12(2)10-16(19-8-6-18-7-9-19)14-11-13(3)4-5-15(14)17;/h4-5,11-12,16,18H,6-10H2,1-3H3;1H/t16-;/m1./s1. The first kappa shape index (κ1) is 17.4. The lowest BCUT2D eigenvalue weighted by Gasteiger charge is -2.36. The van der Waals surface area contributed by atoms with Crippen LogP contribution < -0.4 is 5.32 Å². The molecular formula is C16H26ClFN2. The SMILES string of the molecule is Cc1ccc(F)c([C@@H](CC(C)C)N2CCNCC2)c1.Cl. The Morgan fingerprint density at radius 2 is 1.90 bits per heavy atom. The van der Waals surface area contributed by atoms with Crippen LogP contribution in [-0.2, 0) is 0 Å². The predicted molar refractivity (Wildman–Crippen MR) is 85.0 cm³/mol. The van der Waals surface area contributed by atoms with Crippen molar-refractivity contribution in [2.45, 2.75) is 33.2 Å². The number of aryl methyl sites for hydroxylation is 1. The van der Waals surface area contributed by atoms with Crippen LogP contribution in [0.4, 0.5) is 4.39 Å². The van der Waals surface area contributed by atoms with Gasteiger partial charge in [-0.05, 0) is 25.3 Å². The summed E-state index contributed by atoms with van der Waals surface area (Å²) in [6.45, 7) is 10.5. The first-order valence-electron chi connectivity index (χ1n) is 7.28. The van der Waals surface area contributed by atoms with E-state index in [4.69, 9.17) is 0 Å². The molecule has 1 saturated heterocycles. The van der Waals surface area contributed by atoms with Crippen molar-refractivity contribution >= 4 is 12.4 Å². The average Bonchev–Trinajstić information content (AvgIpc) is 2.40. The van der Waals surface area contributed by atoms with Gasteiger partial charge < -0.3 is 5.32 Å². The maximum Gasteiger partial charge on any atom is 0.128 e. The van der Waals surface area contributed by atoms with Gasteiger partial charge in [-0.3, -0.25) is 4.90 Å². The molecule has 0 amide bonds. The normalized spacial score (nSPS) is 17.9. The summed E-state index contributed by atoms with van der Waals surface area (Å²) in [5, 5.41) is 3.36. The van der Waals surface area contributed by atoms with Gasteiger partial charge in [-0.25, -0.2) is 4.39 Å². The molecule has 1 fully saturated rings.